The van der Waals surface area contributed by atoms with Gasteiger partial charge in [0.05, 0.1) is 11.2 Å². The van der Waals surface area contributed by atoms with Gasteiger partial charge in [0.1, 0.15) is 0 Å². The third-order valence-electron chi connectivity index (χ3n) is 16.8. The highest BCUT2D eigenvalue weighted by Crippen LogP contribution is 2.44. The predicted molar refractivity (Wildman–Crippen MR) is 295 cm³/mol. The van der Waals surface area contributed by atoms with Gasteiger partial charge >= 0.3 is 12.1 Å². The SMILES string of the molecule is CNC[C@H](CC1CCCCC1)NC(=O)N1CCCC([C@](O)(CCCCOC)c2cccc(Cl)c2C)C1.CNC[C@H](CC1CCCCC1)NC(=O)N1CCC[C@@H]([C@@](O)(CCCCOC)c2cccc(Cl)c2C)C1. The van der Waals surface area contributed by atoms with Gasteiger partial charge in [0.25, 0.3) is 0 Å². The van der Waals surface area contributed by atoms with Gasteiger partial charge in [0.15, 0.2) is 0 Å². The summed E-state index contributed by atoms with van der Waals surface area (Å²) in [6, 6.07) is 11.9. The lowest BCUT2D eigenvalue weighted by Gasteiger charge is -2.44. The van der Waals surface area contributed by atoms with Crippen molar-refractivity contribution in [3.8, 4) is 0 Å². The maximum Gasteiger partial charge on any atom is 0.317 e. The number of urea groups is 2. The number of likely N-dealkylation sites (N-methyl/N-ethyl adjacent to an activating group) is 2. The van der Waals surface area contributed by atoms with Crippen LogP contribution in [0, 0.1) is 37.5 Å². The molecule has 6 N–H and O–H groups in total. The molecular weight excluding hydrogens is 948 g/mol. The average Bonchev–Trinajstić information content (AvgIpc) is 3.39. The van der Waals surface area contributed by atoms with Crippen LogP contribution in [-0.2, 0) is 20.7 Å². The van der Waals surface area contributed by atoms with Crippen molar-refractivity contribution in [3.05, 3.63) is 68.7 Å². The van der Waals surface area contributed by atoms with Crippen molar-refractivity contribution in [2.24, 2.45) is 23.7 Å². The number of carbonyl (C=O) groups excluding carboxylic acids is 2. The van der Waals surface area contributed by atoms with Crippen LogP contribution in [0.4, 0.5) is 9.59 Å². The van der Waals surface area contributed by atoms with Gasteiger partial charge in [-0.3, -0.25) is 0 Å². The molecule has 4 amide bonds. The molecule has 2 saturated carbocycles. The fraction of sp³-hybridized carbons (Fsp3) is 0.759. The van der Waals surface area contributed by atoms with Crippen molar-refractivity contribution in [2.75, 3.05) is 80.8 Å². The Balaban J connectivity index is 0.000000267. The van der Waals surface area contributed by atoms with Crippen LogP contribution in [-0.4, -0.2) is 125 Å². The maximum absolute atomic E-state index is 13.4. The molecule has 12 nitrogen and oxygen atoms in total. The molecule has 2 aliphatic heterocycles. The Morgan fingerprint density at radius 3 is 1.36 bits per heavy atom. The van der Waals surface area contributed by atoms with Gasteiger partial charge in [-0.05, 0) is 151 Å². The second-order valence-corrected chi connectivity index (χ2v) is 22.8. The first-order valence-electron chi connectivity index (χ1n) is 28.1. The van der Waals surface area contributed by atoms with E-state index < -0.39 is 11.2 Å². The molecule has 6 atom stereocenters. The Labute approximate surface area is 445 Å². The summed E-state index contributed by atoms with van der Waals surface area (Å²) in [5.41, 5.74) is 1.57. The third-order valence-corrected chi connectivity index (χ3v) is 17.6. The fourth-order valence-electron chi connectivity index (χ4n) is 12.7. The summed E-state index contributed by atoms with van der Waals surface area (Å²) in [6.07, 6.45) is 23.4. The molecule has 2 aromatic rings. The first kappa shape index (κ1) is 60.2. The van der Waals surface area contributed by atoms with Crippen LogP contribution in [0.15, 0.2) is 36.4 Å². The zero-order chi connectivity index (χ0) is 51.9. The normalized spacial score (nSPS) is 21.7. The monoisotopic (exact) mass is 1040 g/mol. The number of halogens is 2. The van der Waals surface area contributed by atoms with Crippen LogP contribution >= 0.6 is 23.2 Å². The topological polar surface area (TPSA) is 148 Å². The summed E-state index contributed by atoms with van der Waals surface area (Å²) in [4.78, 5) is 30.7. The van der Waals surface area contributed by atoms with Gasteiger partial charge in [-0.2, -0.15) is 0 Å². The minimum atomic E-state index is -1.03. The van der Waals surface area contributed by atoms with E-state index in [0.29, 0.717) is 61.0 Å². The van der Waals surface area contributed by atoms with Crippen LogP contribution in [0.2, 0.25) is 10.0 Å². The highest BCUT2D eigenvalue weighted by molar-refractivity contribution is 6.31. The molecule has 2 aliphatic carbocycles. The van der Waals surface area contributed by atoms with Crippen molar-refractivity contribution in [3.63, 3.8) is 0 Å². The van der Waals surface area contributed by atoms with Crippen molar-refractivity contribution < 1.29 is 29.3 Å². The number of methoxy groups -OCH3 is 2. The van der Waals surface area contributed by atoms with Crippen LogP contribution in [0.5, 0.6) is 0 Å². The molecule has 0 radical (unpaired) electrons. The number of rotatable bonds is 24. The van der Waals surface area contributed by atoms with Crippen LogP contribution in [0.25, 0.3) is 0 Å². The first-order valence-corrected chi connectivity index (χ1v) is 28.9. The number of likely N-dealkylation sites (tertiary alicyclic amines) is 2. The van der Waals surface area contributed by atoms with Crippen molar-refractivity contribution in [2.45, 2.75) is 178 Å². The molecule has 408 valence electrons. The lowest BCUT2D eigenvalue weighted by Crippen LogP contribution is -2.54. The van der Waals surface area contributed by atoms with Crippen molar-refractivity contribution >= 4 is 35.3 Å². The first-order chi connectivity index (χ1) is 34.8. The Morgan fingerprint density at radius 1 is 0.611 bits per heavy atom. The molecule has 2 heterocycles. The number of hydrogen-bond acceptors (Lipinski definition) is 8. The number of nitrogens with one attached hydrogen (secondary N) is 4. The second kappa shape index (κ2) is 31.4. The molecule has 72 heavy (non-hydrogen) atoms. The van der Waals surface area contributed by atoms with E-state index in [1.807, 2.05) is 74.1 Å². The molecule has 6 rings (SSSR count). The molecule has 14 heteroatoms. The minimum Gasteiger partial charge on any atom is -0.385 e. The molecule has 2 aromatic carbocycles. The minimum absolute atomic E-state index is 0.000286. The van der Waals surface area contributed by atoms with Crippen LogP contribution < -0.4 is 21.3 Å². The molecule has 4 fully saturated rings. The van der Waals surface area contributed by atoms with Gasteiger partial charge in [-0.25, -0.2) is 9.59 Å². The molecule has 0 aromatic heterocycles. The molecule has 0 bridgehead atoms. The Morgan fingerprint density at radius 2 is 1.00 bits per heavy atom. The van der Waals surface area contributed by atoms with E-state index in [2.05, 4.69) is 21.3 Å². The molecule has 2 saturated heterocycles. The summed E-state index contributed by atoms with van der Waals surface area (Å²) >= 11 is 13.0. The van der Waals surface area contributed by atoms with Gasteiger partial charge < -0.3 is 50.8 Å². The molecule has 1 unspecified atom stereocenters. The Bertz CT molecular complexity index is 1770. The standard InChI is InChI=1S/2C29H48ClN3O3/c2*1-22-26(14-9-15-27(22)30)29(35,16-7-8-18-36-3)24-13-10-17-33(21-24)28(34)32-25(20-31-2)19-23-11-5-4-6-12-23/h2*9,14-15,23-25,31,35H,4-8,10-13,16-21H2,1-3H3,(H,32,34)/t24?,25-,29+;24-,25+,29+/m01/s1. The highest BCUT2D eigenvalue weighted by atomic mass is 35.5. The zero-order valence-corrected chi connectivity index (χ0v) is 46.8. The summed E-state index contributed by atoms with van der Waals surface area (Å²) in [5.74, 6) is 1.32. The number of ether oxygens (including phenoxy) is 2. The number of piperidine rings is 2. The van der Waals surface area contributed by atoms with Gasteiger partial charge in [-0.15, -0.1) is 0 Å². The van der Waals surface area contributed by atoms with E-state index >= 15 is 0 Å². The quantitative estimate of drug-likeness (QED) is 0.0570. The Hall–Kier alpha value is -2.68. The zero-order valence-electron chi connectivity index (χ0n) is 45.3. The van der Waals surface area contributed by atoms with E-state index in [1.54, 1.807) is 14.2 Å². The number of benzene rings is 2. The van der Waals surface area contributed by atoms with Gasteiger partial charge in [-0.1, -0.05) is 112 Å². The van der Waals surface area contributed by atoms with Gasteiger partial charge in [0.2, 0.25) is 0 Å². The number of amides is 4. The number of unbranched alkanes of at least 4 members (excludes halogenated alkanes) is 2. The average molecular weight is 1040 g/mol. The van der Waals surface area contributed by atoms with Gasteiger partial charge in [0, 0.05) is 101 Å². The van der Waals surface area contributed by atoms with Crippen LogP contribution in [0.3, 0.4) is 0 Å². The lowest BCUT2D eigenvalue weighted by molar-refractivity contribution is -0.0571. The van der Waals surface area contributed by atoms with E-state index in [9.17, 15) is 19.8 Å². The summed E-state index contributed by atoms with van der Waals surface area (Å²) in [5, 5.41) is 39.0. The lowest BCUT2D eigenvalue weighted by atomic mass is 9.73. The molecule has 0 spiro atoms. The maximum atomic E-state index is 13.4. The van der Waals surface area contributed by atoms with Crippen LogP contribution in [0.1, 0.15) is 164 Å². The van der Waals surface area contributed by atoms with Crippen molar-refractivity contribution in [1.29, 1.82) is 0 Å². The van der Waals surface area contributed by atoms with E-state index in [-0.39, 0.29) is 36.0 Å². The second-order valence-electron chi connectivity index (χ2n) is 22.0. The third kappa shape index (κ3) is 17.7. The number of carbonyl (C=O) groups is 2. The van der Waals surface area contributed by atoms with E-state index in [4.69, 9.17) is 32.7 Å². The summed E-state index contributed by atoms with van der Waals surface area (Å²) < 4.78 is 10.5. The number of aliphatic hydroxyl groups is 2. The molecular formula is C58H96Cl2N6O6. The number of hydrogen-bond donors (Lipinski definition) is 6. The molecule has 4 aliphatic rings. The predicted octanol–water partition coefficient (Wildman–Crippen LogP) is 11.3. The number of nitrogens with zero attached hydrogens (tertiary/aromatic N) is 2. The Kier molecular flexibility index (Phi) is 26.2. The smallest absolute Gasteiger partial charge is 0.317 e. The highest BCUT2D eigenvalue weighted by Gasteiger charge is 2.44. The fourth-order valence-corrected chi connectivity index (χ4v) is 13.1. The summed E-state index contributed by atoms with van der Waals surface area (Å²) in [7, 11) is 7.32. The van der Waals surface area contributed by atoms with E-state index in [0.717, 1.165) is 113 Å². The van der Waals surface area contributed by atoms with Crippen molar-refractivity contribution in [1.82, 2.24) is 31.1 Å². The largest absolute Gasteiger partial charge is 0.385 e. The van der Waals surface area contributed by atoms with E-state index in [1.165, 1.54) is 64.2 Å². The summed E-state index contributed by atoms with van der Waals surface area (Å²) in [6.45, 7) is 9.45.